The van der Waals surface area contributed by atoms with Crippen molar-refractivity contribution in [3.8, 4) is 0 Å². The van der Waals surface area contributed by atoms with Crippen molar-refractivity contribution in [1.82, 2.24) is 9.44 Å². The minimum Gasteiger partial charge on any atom is -0.260 e. The molecule has 0 saturated heterocycles. The van der Waals surface area contributed by atoms with Crippen LogP contribution in [0.1, 0.15) is 0 Å². The maximum atomic E-state index is 11.4. The minimum atomic E-state index is -1.52. The van der Waals surface area contributed by atoms with Gasteiger partial charge in [0.25, 0.3) is 0 Å². The van der Waals surface area contributed by atoms with Gasteiger partial charge in [0.05, 0.1) is 13.1 Å². The predicted octanol–water partition coefficient (Wildman–Crippen LogP) is -0.279. The quantitative estimate of drug-likeness (QED) is 0.338. The first-order chi connectivity index (χ1) is 5.13. The van der Waals surface area contributed by atoms with Gasteiger partial charge in [-0.1, -0.05) is 0 Å². The monoisotopic (exact) mass is 184 g/mol. The number of hydrogen-bond acceptors (Lipinski definition) is 5. The Balaban J connectivity index is 3.03. The zero-order valence-electron chi connectivity index (χ0n) is 5.39. The smallest absolute Gasteiger partial charge is 0.260 e. The number of rotatable bonds is 6. The van der Waals surface area contributed by atoms with E-state index in [0.717, 1.165) is 0 Å². The highest BCUT2D eigenvalue weighted by Gasteiger charge is 1.98. The molecular weight excluding hydrogens is 178 g/mol. The van der Waals surface area contributed by atoms with Crippen LogP contribution in [0.4, 0.5) is 8.78 Å². The van der Waals surface area contributed by atoms with Crippen molar-refractivity contribution in [3.05, 3.63) is 0 Å². The Morgan fingerprint density at radius 1 is 1.09 bits per heavy atom. The van der Waals surface area contributed by atoms with Crippen LogP contribution in [-0.4, -0.2) is 25.2 Å². The van der Waals surface area contributed by atoms with Crippen LogP contribution in [0.3, 0.4) is 0 Å². The molecule has 0 aromatic carbocycles. The fraction of sp³-hybridized carbons (Fsp3) is 0.500. The Bertz CT molecular complexity index is 139. The molecule has 4 nitrogen and oxygen atoms in total. The summed E-state index contributed by atoms with van der Waals surface area (Å²) in [5.41, 5.74) is 0. The van der Waals surface area contributed by atoms with Crippen LogP contribution in [0, 0.1) is 0 Å². The summed E-state index contributed by atoms with van der Waals surface area (Å²) in [4.78, 5) is 19.3. The van der Waals surface area contributed by atoms with Crippen molar-refractivity contribution in [1.29, 1.82) is 0 Å². The molecule has 11 heavy (non-hydrogen) atoms. The molecule has 2 N–H and O–H groups in total. The standard InChI is InChI=1S/C4H6F2N2O2S/c5-3(9)1-7-11-8-2-4(6)10/h7-8H,1-2H2. The summed E-state index contributed by atoms with van der Waals surface area (Å²) >= 11 is 0.688. The molecule has 0 fully saturated rings. The lowest BCUT2D eigenvalue weighted by Gasteiger charge is -1.97. The van der Waals surface area contributed by atoms with Crippen molar-refractivity contribution >= 4 is 24.2 Å². The van der Waals surface area contributed by atoms with E-state index in [2.05, 4.69) is 9.44 Å². The molecule has 64 valence electrons. The Morgan fingerprint density at radius 2 is 1.45 bits per heavy atom. The first kappa shape index (κ1) is 10.5. The summed E-state index contributed by atoms with van der Waals surface area (Å²) in [6.45, 7) is -0.948. The van der Waals surface area contributed by atoms with E-state index in [9.17, 15) is 18.4 Å². The molecule has 0 saturated carbocycles. The fourth-order valence-corrected chi connectivity index (χ4v) is 0.710. The first-order valence-electron chi connectivity index (χ1n) is 2.61. The molecule has 0 spiro atoms. The van der Waals surface area contributed by atoms with E-state index in [0.29, 0.717) is 12.1 Å². The molecule has 0 rings (SSSR count). The van der Waals surface area contributed by atoms with Gasteiger partial charge in [-0.15, -0.1) is 0 Å². The summed E-state index contributed by atoms with van der Waals surface area (Å²) in [5.74, 6) is 0. The maximum Gasteiger partial charge on any atom is 0.316 e. The largest absolute Gasteiger partial charge is 0.316 e. The van der Waals surface area contributed by atoms with Gasteiger partial charge < -0.3 is 0 Å². The van der Waals surface area contributed by atoms with Crippen LogP contribution in [0.2, 0.25) is 0 Å². The topological polar surface area (TPSA) is 58.2 Å². The second kappa shape index (κ2) is 6.20. The fourth-order valence-electron chi connectivity index (χ4n) is 0.237. The van der Waals surface area contributed by atoms with Gasteiger partial charge in [0, 0.05) is 12.1 Å². The Hall–Kier alpha value is -0.530. The van der Waals surface area contributed by atoms with E-state index in [1.165, 1.54) is 0 Å². The van der Waals surface area contributed by atoms with E-state index in [1.807, 2.05) is 0 Å². The van der Waals surface area contributed by atoms with Gasteiger partial charge in [-0.25, -0.2) is 9.44 Å². The molecule has 0 aliphatic heterocycles. The highest BCUT2D eigenvalue weighted by molar-refractivity contribution is 7.95. The van der Waals surface area contributed by atoms with Gasteiger partial charge >= 0.3 is 12.1 Å². The third-order valence-corrected chi connectivity index (χ3v) is 1.14. The van der Waals surface area contributed by atoms with Crippen molar-refractivity contribution in [2.24, 2.45) is 0 Å². The van der Waals surface area contributed by atoms with E-state index in [-0.39, 0.29) is 0 Å². The molecule has 0 radical (unpaired) electrons. The van der Waals surface area contributed by atoms with Crippen LogP contribution < -0.4 is 9.44 Å². The average Bonchev–Trinajstić information content (AvgIpc) is 1.85. The third-order valence-electron chi connectivity index (χ3n) is 0.567. The molecule has 0 aromatic rings. The molecule has 0 bridgehead atoms. The molecule has 0 unspecified atom stereocenters. The van der Waals surface area contributed by atoms with Gasteiger partial charge in [-0.3, -0.25) is 9.59 Å². The lowest BCUT2D eigenvalue weighted by molar-refractivity contribution is -0.128. The lowest BCUT2D eigenvalue weighted by atomic mass is 10.7. The maximum absolute atomic E-state index is 11.4. The lowest BCUT2D eigenvalue weighted by Crippen LogP contribution is -2.21. The summed E-state index contributed by atoms with van der Waals surface area (Å²) in [7, 11) is 0. The summed E-state index contributed by atoms with van der Waals surface area (Å²) in [5, 5.41) is 0. The summed E-state index contributed by atoms with van der Waals surface area (Å²) in [6.07, 6.45) is 0. The van der Waals surface area contributed by atoms with Gasteiger partial charge in [-0.05, 0) is 0 Å². The number of hydrogen-bond donors (Lipinski definition) is 2. The van der Waals surface area contributed by atoms with Gasteiger partial charge in [0.2, 0.25) is 0 Å². The van der Waals surface area contributed by atoms with E-state index < -0.39 is 25.2 Å². The van der Waals surface area contributed by atoms with Gasteiger partial charge in [-0.2, -0.15) is 8.78 Å². The number of carbonyl (C=O) groups is 2. The van der Waals surface area contributed by atoms with Crippen LogP contribution in [0.15, 0.2) is 0 Å². The number of carbonyl (C=O) groups excluding carboxylic acids is 2. The SMILES string of the molecule is O=C(F)CNSNCC(=O)F. The van der Waals surface area contributed by atoms with Crippen molar-refractivity contribution in [3.63, 3.8) is 0 Å². The Labute approximate surface area is 66.0 Å². The molecule has 0 amide bonds. The minimum absolute atomic E-state index is 0.474. The van der Waals surface area contributed by atoms with Crippen molar-refractivity contribution in [2.75, 3.05) is 13.1 Å². The number of nitrogens with one attached hydrogen (secondary N) is 2. The van der Waals surface area contributed by atoms with Crippen molar-refractivity contribution in [2.45, 2.75) is 0 Å². The number of halogens is 2. The van der Waals surface area contributed by atoms with Crippen LogP contribution >= 0.6 is 12.1 Å². The van der Waals surface area contributed by atoms with E-state index >= 15 is 0 Å². The highest BCUT2D eigenvalue weighted by atomic mass is 32.2. The molecule has 0 heterocycles. The summed E-state index contributed by atoms with van der Waals surface area (Å²) in [6, 6.07) is -3.04. The normalized spacial score (nSPS) is 9.64. The Morgan fingerprint density at radius 3 is 1.73 bits per heavy atom. The average molecular weight is 184 g/mol. The van der Waals surface area contributed by atoms with E-state index in [1.54, 1.807) is 0 Å². The second-order valence-electron chi connectivity index (χ2n) is 1.45. The molecule has 0 aliphatic rings. The molecular formula is C4H6F2N2O2S. The first-order valence-corrected chi connectivity index (χ1v) is 3.43. The third kappa shape index (κ3) is 9.47. The zero-order valence-corrected chi connectivity index (χ0v) is 6.21. The van der Waals surface area contributed by atoms with Crippen LogP contribution in [0.5, 0.6) is 0 Å². The summed E-state index contributed by atoms with van der Waals surface area (Å²) < 4.78 is 27.2. The van der Waals surface area contributed by atoms with Crippen LogP contribution in [-0.2, 0) is 9.59 Å². The molecule has 7 heteroatoms. The second-order valence-corrected chi connectivity index (χ2v) is 2.24. The van der Waals surface area contributed by atoms with E-state index in [4.69, 9.17) is 0 Å². The van der Waals surface area contributed by atoms with Crippen molar-refractivity contribution < 1.29 is 18.4 Å². The molecule has 0 aliphatic carbocycles. The zero-order chi connectivity index (χ0) is 8.69. The molecule has 0 atom stereocenters. The van der Waals surface area contributed by atoms with Gasteiger partial charge in [0.1, 0.15) is 0 Å². The highest BCUT2D eigenvalue weighted by Crippen LogP contribution is 1.84. The molecule has 0 aromatic heterocycles. The predicted molar refractivity (Wildman–Crippen MR) is 35.8 cm³/mol. The van der Waals surface area contributed by atoms with Crippen LogP contribution in [0.25, 0.3) is 0 Å². The Kier molecular flexibility index (Phi) is 5.90. The van der Waals surface area contributed by atoms with Gasteiger partial charge in [0.15, 0.2) is 0 Å².